The molecule has 1 aliphatic heterocycles. The van der Waals surface area contributed by atoms with Crippen LogP contribution in [0.25, 0.3) is 11.1 Å². The smallest absolute Gasteiger partial charge is 0.304 e. The molecule has 7 heteroatoms. The number of carboxylic acid groups (broad SMARTS) is 1. The van der Waals surface area contributed by atoms with Gasteiger partial charge in [0.1, 0.15) is 23.4 Å². The molecule has 0 saturated heterocycles. The minimum Gasteiger partial charge on any atom is -0.493 e. The molecule has 7 nitrogen and oxygen atoms in total. The van der Waals surface area contributed by atoms with Gasteiger partial charge in [-0.15, -0.1) is 0 Å². The Bertz CT molecular complexity index is 1470. The second kappa shape index (κ2) is 10.9. The van der Waals surface area contributed by atoms with Gasteiger partial charge in [0.05, 0.1) is 36.9 Å². The van der Waals surface area contributed by atoms with Crippen LogP contribution in [0.2, 0.25) is 0 Å². The number of carboxylic acids is 1. The summed E-state index contributed by atoms with van der Waals surface area (Å²) >= 11 is 0. The second-order valence-corrected chi connectivity index (χ2v) is 11.5. The molecule has 0 radical (unpaired) electrons. The van der Waals surface area contributed by atoms with Crippen molar-refractivity contribution in [3.05, 3.63) is 75.8 Å². The highest BCUT2D eigenvalue weighted by atomic mass is 16.5. The van der Waals surface area contributed by atoms with Crippen molar-refractivity contribution < 1.29 is 29.2 Å². The van der Waals surface area contributed by atoms with Gasteiger partial charge in [-0.05, 0) is 92.6 Å². The molecule has 0 fully saturated rings. The number of aryl methyl sites for hydroxylation is 2. The van der Waals surface area contributed by atoms with Crippen molar-refractivity contribution in [3.8, 4) is 34.4 Å². The van der Waals surface area contributed by atoms with Crippen molar-refractivity contribution in [2.45, 2.75) is 71.0 Å². The average molecular weight is 542 g/mol. The fraction of sp³-hybridized carbons (Fsp3) is 0.394. The number of nitriles is 1. The van der Waals surface area contributed by atoms with Crippen LogP contribution < -0.4 is 14.2 Å². The Hall–Kier alpha value is -4.02. The van der Waals surface area contributed by atoms with Crippen LogP contribution in [-0.4, -0.2) is 35.0 Å². The number of ether oxygens (including phenoxy) is 3. The van der Waals surface area contributed by atoms with Crippen LogP contribution >= 0.6 is 0 Å². The number of aliphatic carboxylic acids is 1. The van der Waals surface area contributed by atoms with E-state index in [0.29, 0.717) is 36.7 Å². The maximum Gasteiger partial charge on any atom is 0.304 e. The average Bonchev–Trinajstić information content (AvgIpc) is 3.46. The molecule has 0 amide bonds. The van der Waals surface area contributed by atoms with Crippen LogP contribution in [0.3, 0.4) is 0 Å². The summed E-state index contributed by atoms with van der Waals surface area (Å²) in [5.41, 5.74) is 7.01. The van der Waals surface area contributed by atoms with Crippen LogP contribution in [0.4, 0.5) is 0 Å². The number of rotatable bonds is 9. The first kappa shape index (κ1) is 27.5. The van der Waals surface area contributed by atoms with E-state index in [9.17, 15) is 20.3 Å². The molecule has 3 aromatic carbocycles. The van der Waals surface area contributed by atoms with Gasteiger partial charge in [0, 0.05) is 29.5 Å². The molecule has 2 aliphatic rings. The monoisotopic (exact) mass is 541 g/mol. The molecule has 5 rings (SSSR count). The maximum atomic E-state index is 11.2. The van der Waals surface area contributed by atoms with Gasteiger partial charge >= 0.3 is 5.97 Å². The first-order chi connectivity index (χ1) is 19.0. The van der Waals surface area contributed by atoms with Crippen molar-refractivity contribution in [1.29, 1.82) is 5.26 Å². The Morgan fingerprint density at radius 3 is 2.48 bits per heavy atom. The summed E-state index contributed by atoms with van der Waals surface area (Å²) in [6.45, 7) is 8.39. The summed E-state index contributed by atoms with van der Waals surface area (Å²) in [6, 6.07) is 15.9. The number of carbonyl (C=O) groups is 1. The molecule has 40 heavy (non-hydrogen) atoms. The number of hydrogen-bond acceptors (Lipinski definition) is 6. The zero-order valence-corrected chi connectivity index (χ0v) is 23.4. The lowest BCUT2D eigenvalue weighted by molar-refractivity contribution is -0.137. The fourth-order valence-electron chi connectivity index (χ4n) is 5.86. The van der Waals surface area contributed by atoms with E-state index in [2.05, 4.69) is 6.07 Å². The standard InChI is InChI=1S/C33H35NO6/c1-19-13-24(38-12-11-33(3,4)37)14-20(2)31(19)32-21(17-34)5-7-26-27(32)9-10-28(26)40-23-6-8-25-22(15-30(35)36)18-39-29(25)16-23/h5-8,13-14,16,22,28,37H,9-12,15,18H2,1-4H3,(H,35,36)/t22?,28-/m1/s1. The molecule has 0 spiro atoms. The number of aliphatic hydroxyl groups is 1. The van der Waals surface area contributed by atoms with Gasteiger partial charge in [-0.3, -0.25) is 4.79 Å². The highest BCUT2D eigenvalue weighted by Crippen LogP contribution is 2.45. The molecule has 1 heterocycles. The van der Waals surface area contributed by atoms with E-state index >= 15 is 0 Å². The molecule has 2 N–H and O–H groups in total. The van der Waals surface area contributed by atoms with E-state index in [1.165, 1.54) is 0 Å². The fourth-order valence-corrected chi connectivity index (χ4v) is 5.86. The Kier molecular flexibility index (Phi) is 7.48. The second-order valence-electron chi connectivity index (χ2n) is 11.5. The van der Waals surface area contributed by atoms with Crippen LogP contribution in [0.1, 0.15) is 78.5 Å². The van der Waals surface area contributed by atoms with Crippen molar-refractivity contribution in [2.24, 2.45) is 0 Å². The van der Waals surface area contributed by atoms with Crippen LogP contribution in [0, 0.1) is 25.2 Å². The lowest BCUT2D eigenvalue weighted by Gasteiger charge is -2.20. The predicted octanol–water partition coefficient (Wildman–Crippen LogP) is 6.40. The Morgan fingerprint density at radius 2 is 1.80 bits per heavy atom. The van der Waals surface area contributed by atoms with E-state index in [1.54, 1.807) is 13.8 Å². The summed E-state index contributed by atoms with van der Waals surface area (Å²) in [5.74, 6) is 1.12. The topological polar surface area (TPSA) is 109 Å². The first-order valence-corrected chi connectivity index (χ1v) is 13.7. The van der Waals surface area contributed by atoms with Crippen molar-refractivity contribution in [1.82, 2.24) is 0 Å². The number of hydrogen-bond donors (Lipinski definition) is 2. The highest BCUT2D eigenvalue weighted by Gasteiger charge is 2.31. The lowest BCUT2D eigenvalue weighted by atomic mass is 9.87. The summed E-state index contributed by atoms with van der Waals surface area (Å²) in [4.78, 5) is 11.2. The number of fused-ring (bicyclic) bond motifs is 2. The number of nitrogens with zero attached hydrogens (tertiary/aromatic N) is 1. The molecule has 0 bridgehead atoms. The van der Waals surface area contributed by atoms with Crippen LogP contribution in [0.15, 0.2) is 42.5 Å². The third-order valence-electron chi connectivity index (χ3n) is 7.78. The predicted molar refractivity (Wildman–Crippen MR) is 151 cm³/mol. The van der Waals surface area contributed by atoms with E-state index in [0.717, 1.165) is 57.5 Å². The minimum atomic E-state index is -0.838. The lowest BCUT2D eigenvalue weighted by Crippen LogP contribution is -2.21. The molecule has 1 aliphatic carbocycles. The van der Waals surface area contributed by atoms with E-state index in [-0.39, 0.29) is 18.4 Å². The Morgan fingerprint density at radius 1 is 1.07 bits per heavy atom. The largest absolute Gasteiger partial charge is 0.493 e. The summed E-state index contributed by atoms with van der Waals surface area (Å²) in [6.07, 6.45) is 1.97. The van der Waals surface area contributed by atoms with E-state index in [4.69, 9.17) is 14.2 Å². The van der Waals surface area contributed by atoms with Crippen LogP contribution in [-0.2, 0) is 11.2 Å². The van der Waals surface area contributed by atoms with E-state index < -0.39 is 11.6 Å². The quantitative estimate of drug-likeness (QED) is 0.323. The zero-order valence-electron chi connectivity index (χ0n) is 23.4. The van der Waals surface area contributed by atoms with Crippen molar-refractivity contribution >= 4 is 5.97 Å². The number of benzene rings is 3. The SMILES string of the molecule is Cc1cc(OCCC(C)(C)O)cc(C)c1-c1c(C#N)ccc2c1CC[C@H]2Oc1ccc2c(c1)OCC2CC(=O)O. The van der Waals surface area contributed by atoms with Gasteiger partial charge in [0.25, 0.3) is 0 Å². The van der Waals surface area contributed by atoms with Crippen LogP contribution in [0.5, 0.6) is 17.2 Å². The molecule has 0 aromatic heterocycles. The normalized spacial score (nSPS) is 17.5. The van der Waals surface area contributed by atoms with Crippen molar-refractivity contribution in [3.63, 3.8) is 0 Å². The molecule has 3 aromatic rings. The summed E-state index contributed by atoms with van der Waals surface area (Å²) < 4.78 is 18.1. The summed E-state index contributed by atoms with van der Waals surface area (Å²) in [5, 5.41) is 29.2. The Balaban J connectivity index is 1.41. The molecule has 1 unspecified atom stereocenters. The van der Waals surface area contributed by atoms with Gasteiger partial charge in [-0.25, -0.2) is 0 Å². The Labute approximate surface area is 234 Å². The highest BCUT2D eigenvalue weighted by molar-refractivity contribution is 5.81. The maximum absolute atomic E-state index is 11.2. The third-order valence-corrected chi connectivity index (χ3v) is 7.78. The van der Waals surface area contributed by atoms with Gasteiger partial charge in [0.2, 0.25) is 0 Å². The molecule has 2 atom stereocenters. The molecule has 208 valence electrons. The molecule has 0 saturated carbocycles. The van der Waals surface area contributed by atoms with Gasteiger partial charge in [-0.2, -0.15) is 5.26 Å². The van der Waals surface area contributed by atoms with Gasteiger partial charge in [0.15, 0.2) is 0 Å². The van der Waals surface area contributed by atoms with Crippen molar-refractivity contribution in [2.75, 3.05) is 13.2 Å². The van der Waals surface area contributed by atoms with E-state index in [1.807, 2.05) is 56.3 Å². The van der Waals surface area contributed by atoms with Gasteiger partial charge < -0.3 is 24.4 Å². The molecular weight excluding hydrogens is 506 g/mol. The zero-order chi connectivity index (χ0) is 28.6. The minimum absolute atomic E-state index is 0.0416. The molecular formula is C33H35NO6. The van der Waals surface area contributed by atoms with Gasteiger partial charge in [-0.1, -0.05) is 12.1 Å². The first-order valence-electron chi connectivity index (χ1n) is 13.7. The third kappa shape index (κ3) is 5.64. The summed E-state index contributed by atoms with van der Waals surface area (Å²) in [7, 11) is 0.